The van der Waals surface area contributed by atoms with Gasteiger partial charge in [0.05, 0.1) is 25.9 Å². The number of thiophene rings is 1. The Hall–Kier alpha value is -2.85. The monoisotopic (exact) mass is 491 g/mol. The minimum Gasteiger partial charge on any atom is -0.497 e. The molecular weight excluding hydrogens is 462 g/mol. The third kappa shape index (κ3) is 5.75. The lowest BCUT2D eigenvalue weighted by Gasteiger charge is -2.37. The lowest BCUT2D eigenvalue weighted by molar-refractivity contribution is 0.0527. The molecule has 0 saturated carbocycles. The van der Waals surface area contributed by atoms with Crippen LogP contribution in [0.15, 0.2) is 24.3 Å². The van der Waals surface area contributed by atoms with Gasteiger partial charge in [0, 0.05) is 37.9 Å². The van der Waals surface area contributed by atoms with Gasteiger partial charge in [-0.1, -0.05) is 6.07 Å². The van der Waals surface area contributed by atoms with Crippen molar-refractivity contribution in [2.24, 2.45) is 0 Å². The number of carbonyl (C=O) groups excluding carboxylic acids is 2. The molecule has 3 rings (SSSR count). The standard InChI is InChI=1S/C23H29N3O5S2/c1-5-30-21(27)18-15(3)19(22(28)31-6-2)33-20(18)24-23(32)26-12-10-25(11-13-26)16-8-7-9-17(14-16)29-4/h7-9,14H,5-6,10-13H2,1-4H3,(H,24,32). The van der Waals surface area contributed by atoms with Gasteiger partial charge in [0.15, 0.2) is 5.11 Å². The first-order valence-electron chi connectivity index (χ1n) is 10.8. The Balaban J connectivity index is 1.72. The Morgan fingerprint density at radius 2 is 1.76 bits per heavy atom. The van der Waals surface area contributed by atoms with E-state index in [-0.39, 0.29) is 13.2 Å². The first-order chi connectivity index (χ1) is 15.9. The van der Waals surface area contributed by atoms with E-state index in [4.69, 9.17) is 26.4 Å². The van der Waals surface area contributed by atoms with Gasteiger partial charge in [0.1, 0.15) is 15.6 Å². The van der Waals surface area contributed by atoms with Crippen molar-refractivity contribution < 1.29 is 23.8 Å². The van der Waals surface area contributed by atoms with Gasteiger partial charge in [0.25, 0.3) is 0 Å². The Bertz CT molecular complexity index is 1020. The molecule has 1 saturated heterocycles. The van der Waals surface area contributed by atoms with Crippen LogP contribution in [0.5, 0.6) is 5.75 Å². The van der Waals surface area contributed by atoms with Gasteiger partial charge in [-0.15, -0.1) is 11.3 Å². The van der Waals surface area contributed by atoms with Gasteiger partial charge in [-0.3, -0.25) is 0 Å². The number of nitrogens with zero attached hydrogens (tertiary/aromatic N) is 2. The molecule has 1 aliphatic rings. The van der Waals surface area contributed by atoms with Gasteiger partial charge in [-0.05, 0) is 50.7 Å². The Kier molecular flexibility index (Phi) is 8.51. The summed E-state index contributed by atoms with van der Waals surface area (Å²) < 4.78 is 15.7. The van der Waals surface area contributed by atoms with E-state index in [2.05, 4.69) is 21.2 Å². The van der Waals surface area contributed by atoms with Crippen LogP contribution in [0.25, 0.3) is 0 Å². The van der Waals surface area contributed by atoms with Gasteiger partial charge in [-0.2, -0.15) is 0 Å². The quantitative estimate of drug-likeness (QED) is 0.458. The minimum absolute atomic E-state index is 0.235. The summed E-state index contributed by atoms with van der Waals surface area (Å²) in [7, 11) is 1.66. The van der Waals surface area contributed by atoms with Crippen LogP contribution in [0.3, 0.4) is 0 Å². The Morgan fingerprint density at radius 1 is 1.09 bits per heavy atom. The zero-order valence-electron chi connectivity index (χ0n) is 19.3. The summed E-state index contributed by atoms with van der Waals surface area (Å²) in [6.45, 7) is 8.70. The van der Waals surface area contributed by atoms with Crippen LogP contribution in [-0.4, -0.2) is 68.5 Å². The molecule has 1 fully saturated rings. The lowest BCUT2D eigenvalue weighted by Crippen LogP contribution is -2.50. The first kappa shape index (κ1) is 24.8. The number of benzene rings is 1. The van der Waals surface area contributed by atoms with E-state index < -0.39 is 11.9 Å². The molecule has 0 unspecified atom stereocenters. The van der Waals surface area contributed by atoms with Gasteiger partial charge in [-0.25, -0.2) is 9.59 Å². The molecule has 1 aromatic carbocycles. The topological polar surface area (TPSA) is 80.3 Å². The number of hydrogen-bond acceptors (Lipinski definition) is 8. The van der Waals surface area contributed by atoms with Crippen molar-refractivity contribution in [1.82, 2.24) is 4.90 Å². The zero-order valence-corrected chi connectivity index (χ0v) is 20.9. The van der Waals surface area contributed by atoms with Gasteiger partial charge in [0.2, 0.25) is 0 Å². The van der Waals surface area contributed by atoms with Crippen LogP contribution in [0.4, 0.5) is 10.7 Å². The number of carbonyl (C=O) groups is 2. The smallest absolute Gasteiger partial charge is 0.348 e. The third-order valence-electron chi connectivity index (χ3n) is 5.29. The molecule has 2 aromatic rings. The molecular formula is C23H29N3O5S2. The van der Waals surface area contributed by atoms with Crippen molar-refractivity contribution in [2.75, 3.05) is 56.7 Å². The largest absolute Gasteiger partial charge is 0.497 e. The van der Waals surface area contributed by atoms with Crippen molar-refractivity contribution in [2.45, 2.75) is 20.8 Å². The molecule has 0 aliphatic carbocycles. The second-order valence-electron chi connectivity index (χ2n) is 7.31. The maximum absolute atomic E-state index is 12.6. The molecule has 10 heteroatoms. The number of esters is 2. The minimum atomic E-state index is -0.491. The molecule has 1 aromatic heterocycles. The second-order valence-corrected chi connectivity index (χ2v) is 8.71. The van der Waals surface area contributed by atoms with Crippen LogP contribution < -0.4 is 15.0 Å². The number of hydrogen-bond donors (Lipinski definition) is 1. The molecule has 0 spiro atoms. The highest BCUT2D eigenvalue weighted by molar-refractivity contribution is 7.80. The average Bonchev–Trinajstić information content (AvgIpc) is 3.15. The highest BCUT2D eigenvalue weighted by Crippen LogP contribution is 2.34. The van der Waals surface area contributed by atoms with Gasteiger partial charge >= 0.3 is 11.9 Å². The molecule has 178 valence electrons. The van der Waals surface area contributed by atoms with Crippen LogP contribution >= 0.6 is 23.6 Å². The fourth-order valence-corrected chi connectivity index (χ4v) is 5.03. The molecule has 1 aliphatic heterocycles. The SMILES string of the molecule is CCOC(=O)c1sc(NC(=S)N2CCN(c3cccc(OC)c3)CC2)c(C(=O)OCC)c1C. The Morgan fingerprint density at radius 3 is 2.39 bits per heavy atom. The average molecular weight is 492 g/mol. The number of rotatable bonds is 7. The van der Waals surface area contributed by atoms with E-state index in [0.29, 0.717) is 39.2 Å². The van der Waals surface area contributed by atoms with Crippen molar-refractivity contribution >= 4 is 51.3 Å². The summed E-state index contributed by atoms with van der Waals surface area (Å²) in [6, 6.07) is 7.98. The van der Waals surface area contributed by atoms with Crippen LogP contribution in [0.1, 0.15) is 39.4 Å². The fourth-order valence-electron chi connectivity index (χ4n) is 3.59. The highest BCUT2D eigenvalue weighted by Gasteiger charge is 2.28. The number of nitrogens with one attached hydrogen (secondary N) is 1. The van der Waals surface area contributed by atoms with Gasteiger partial charge < -0.3 is 29.3 Å². The number of thiocarbonyl (C=S) groups is 1. The number of methoxy groups -OCH3 is 1. The van der Waals surface area contributed by atoms with Crippen molar-refractivity contribution in [3.63, 3.8) is 0 Å². The number of piperazine rings is 1. The summed E-state index contributed by atoms with van der Waals surface area (Å²) in [5, 5.41) is 4.18. The molecule has 0 bridgehead atoms. The number of ether oxygens (including phenoxy) is 3. The molecule has 8 nitrogen and oxygen atoms in total. The number of anilines is 2. The van der Waals surface area contributed by atoms with E-state index in [0.717, 1.165) is 35.9 Å². The summed E-state index contributed by atoms with van der Waals surface area (Å²) >= 11 is 6.80. The van der Waals surface area contributed by atoms with E-state index in [1.165, 1.54) is 0 Å². The van der Waals surface area contributed by atoms with Crippen LogP contribution in [0, 0.1) is 6.92 Å². The maximum atomic E-state index is 12.6. The predicted octanol–water partition coefficient (Wildman–Crippen LogP) is 3.94. The van der Waals surface area contributed by atoms with E-state index in [9.17, 15) is 9.59 Å². The molecule has 0 atom stereocenters. The van der Waals surface area contributed by atoms with Crippen LogP contribution in [0.2, 0.25) is 0 Å². The normalized spacial score (nSPS) is 13.5. The fraction of sp³-hybridized carbons (Fsp3) is 0.435. The summed E-state index contributed by atoms with van der Waals surface area (Å²) in [5.74, 6) is -0.129. The molecule has 2 heterocycles. The third-order valence-corrected chi connectivity index (χ3v) is 6.84. The maximum Gasteiger partial charge on any atom is 0.348 e. The second kappa shape index (κ2) is 11.3. The Labute approximate surface area is 203 Å². The van der Waals surface area contributed by atoms with E-state index >= 15 is 0 Å². The first-order valence-corrected chi connectivity index (χ1v) is 12.0. The zero-order chi connectivity index (χ0) is 24.0. The lowest BCUT2D eigenvalue weighted by atomic mass is 10.1. The van der Waals surface area contributed by atoms with Crippen LogP contribution in [-0.2, 0) is 9.47 Å². The molecule has 33 heavy (non-hydrogen) atoms. The van der Waals surface area contributed by atoms with E-state index in [1.54, 1.807) is 27.9 Å². The summed E-state index contributed by atoms with van der Waals surface area (Å²) in [4.78, 5) is 29.7. The van der Waals surface area contributed by atoms with Crippen molar-refractivity contribution in [3.8, 4) is 5.75 Å². The van der Waals surface area contributed by atoms with Crippen molar-refractivity contribution in [1.29, 1.82) is 0 Å². The molecule has 0 amide bonds. The summed E-state index contributed by atoms with van der Waals surface area (Å²) in [5.41, 5.74) is 1.96. The molecule has 1 N–H and O–H groups in total. The predicted molar refractivity (Wildman–Crippen MR) is 134 cm³/mol. The highest BCUT2D eigenvalue weighted by atomic mass is 32.1. The molecule has 0 radical (unpaired) electrons. The van der Waals surface area contributed by atoms with E-state index in [1.807, 2.05) is 18.2 Å². The van der Waals surface area contributed by atoms with Crippen molar-refractivity contribution in [3.05, 3.63) is 40.3 Å². The summed E-state index contributed by atoms with van der Waals surface area (Å²) in [6.07, 6.45) is 0.